The molecule has 5 heteroatoms. The van der Waals surface area contributed by atoms with Crippen LogP contribution >= 0.6 is 15.9 Å². The van der Waals surface area contributed by atoms with E-state index in [2.05, 4.69) is 37.9 Å². The molecule has 0 spiro atoms. The number of hydrogen-bond acceptors (Lipinski definition) is 3. The largest absolute Gasteiger partial charge is 0.356 e. The van der Waals surface area contributed by atoms with Gasteiger partial charge in [-0.25, -0.2) is 4.98 Å². The third-order valence-electron chi connectivity index (χ3n) is 3.39. The van der Waals surface area contributed by atoms with Gasteiger partial charge in [-0.15, -0.1) is 0 Å². The molecule has 100 valence electrons. The Labute approximate surface area is 121 Å². The van der Waals surface area contributed by atoms with Crippen LogP contribution in [0.3, 0.4) is 0 Å². The van der Waals surface area contributed by atoms with Crippen LogP contribution in [0.15, 0.2) is 28.7 Å². The molecule has 0 fully saturated rings. The highest BCUT2D eigenvalue weighted by Crippen LogP contribution is 2.30. The van der Waals surface area contributed by atoms with E-state index < -0.39 is 0 Å². The van der Waals surface area contributed by atoms with E-state index in [-0.39, 0.29) is 0 Å². The fourth-order valence-corrected chi connectivity index (χ4v) is 2.96. The quantitative estimate of drug-likeness (QED) is 0.914. The summed E-state index contributed by atoms with van der Waals surface area (Å²) in [6.45, 7) is 2.67. The van der Waals surface area contributed by atoms with Gasteiger partial charge in [-0.2, -0.15) is 0 Å². The lowest BCUT2D eigenvalue weighted by Crippen LogP contribution is -2.19. The van der Waals surface area contributed by atoms with Gasteiger partial charge in [0.05, 0.1) is 5.69 Å². The van der Waals surface area contributed by atoms with E-state index in [0.29, 0.717) is 6.54 Å². The van der Waals surface area contributed by atoms with Crippen molar-refractivity contribution >= 4 is 21.9 Å². The molecule has 0 aliphatic carbocycles. The lowest BCUT2D eigenvalue weighted by atomic mass is 10.1. The van der Waals surface area contributed by atoms with Crippen LogP contribution in [0.2, 0.25) is 0 Å². The van der Waals surface area contributed by atoms with Crippen molar-refractivity contribution in [1.82, 2.24) is 9.55 Å². The second-order valence-electron chi connectivity index (χ2n) is 4.71. The van der Waals surface area contributed by atoms with Crippen molar-refractivity contribution in [2.75, 3.05) is 18.4 Å². The Morgan fingerprint density at radius 1 is 1.42 bits per heavy atom. The average Bonchev–Trinajstić information content (AvgIpc) is 2.79. The second kappa shape index (κ2) is 5.35. The fourth-order valence-electron chi connectivity index (χ4n) is 2.56. The molecule has 3 rings (SSSR count). The lowest BCUT2D eigenvalue weighted by Gasteiger charge is -2.17. The van der Waals surface area contributed by atoms with Crippen LogP contribution in [0.1, 0.15) is 12.1 Å². The molecular weight excluding hydrogens is 304 g/mol. The standard InChI is InChI=1S/C14H17BrN4/c15-11-4-1-3-10(9-11)13-12(5-6-16)19-8-2-7-17-14(19)18-13/h1,3-4,9H,2,5-8,16H2,(H,17,18). The Hall–Kier alpha value is -1.33. The molecule has 0 atom stereocenters. The molecule has 1 aliphatic rings. The molecule has 1 aromatic carbocycles. The maximum atomic E-state index is 5.76. The van der Waals surface area contributed by atoms with Gasteiger partial charge in [-0.1, -0.05) is 28.1 Å². The topological polar surface area (TPSA) is 55.9 Å². The minimum Gasteiger partial charge on any atom is -0.356 e. The number of nitrogens with zero attached hydrogens (tertiary/aromatic N) is 2. The average molecular weight is 321 g/mol. The van der Waals surface area contributed by atoms with Crippen molar-refractivity contribution in [3.63, 3.8) is 0 Å². The van der Waals surface area contributed by atoms with E-state index in [1.165, 1.54) is 5.69 Å². The summed E-state index contributed by atoms with van der Waals surface area (Å²) in [6, 6.07) is 8.27. The summed E-state index contributed by atoms with van der Waals surface area (Å²) in [4.78, 5) is 4.76. The zero-order chi connectivity index (χ0) is 13.2. The number of hydrogen-bond donors (Lipinski definition) is 2. The van der Waals surface area contributed by atoms with Crippen molar-refractivity contribution < 1.29 is 0 Å². The predicted octanol–water partition coefficient (Wildman–Crippen LogP) is 2.63. The smallest absolute Gasteiger partial charge is 0.203 e. The highest BCUT2D eigenvalue weighted by Gasteiger charge is 2.19. The van der Waals surface area contributed by atoms with E-state index in [4.69, 9.17) is 10.7 Å². The number of nitrogens with one attached hydrogen (secondary N) is 1. The molecule has 2 heterocycles. The highest BCUT2D eigenvalue weighted by atomic mass is 79.9. The molecule has 1 aliphatic heterocycles. The number of anilines is 1. The van der Waals surface area contributed by atoms with Crippen LogP contribution in [0.25, 0.3) is 11.3 Å². The van der Waals surface area contributed by atoms with Gasteiger partial charge in [0.25, 0.3) is 0 Å². The molecule has 4 nitrogen and oxygen atoms in total. The Kier molecular flexibility index (Phi) is 3.57. The number of halogens is 1. The van der Waals surface area contributed by atoms with Crippen molar-refractivity contribution in [1.29, 1.82) is 0 Å². The van der Waals surface area contributed by atoms with Crippen molar-refractivity contribution in [3.8, 4) is 11.3 Å². The molecule has 2 aromatic rings. The number of aromatic nitrogens is 2. The molecular formula is C14H17BrN4. The molecule has 0 saturated heterocycles. The molecule has 19 heavy (non-hydrogen) atoms. The Morgan fingerprint density at radius 3 is 3.11 bits per heavy atom. The highest BCUT2D eigenvalue weighted by molar-refractivity contribution is 9.10. The van der Waals surface area contributed by atoms with Gasteiger partial charge in [-0.05, 0) is 25.1 Å². The maximum absolute atomic E-state index is 5.76. The summed E-state index contributed by atoms with van der Waals surface area (Å²) >= 11 is 3.52. The van der Waals surface area contributed by atoms with Gasteiger partial charge in [0.2, 0.25) is 5.95 Å². The van der Waals surface area contributed by atoms with E-state index in [1.807, 2.05) is 12.1 Å². The van der Waals surface area contributed by atoms with Gasteiger partial charge in [0.1, 0.15) is 0 Å². The van der Waals surface area contributed by atoms with Gasteiger partial charge in [0.15, 0.2) is 0 Å². The van der Waals surface area contributed by atoms with E-state index in [9.17, 15) is 0 Å². The maximum Gasteiger partial charge on any atom is 0.203 e. The summed E-state index contributed by atoms with van der Waals surface area (Å²) in [5, 5.41) is 3.37. The SMILES string of the molecule is NCCc1c(-c2cccc(Br)c2)nc2n1CCCN2. The summed E-state index contributed by atoms with van der Waals surface area (Å²) in [7, 11) is 0. The number of nitrogens with two attached hydrogens (primary N) is 1. The molecule has 0 unspecified atom stereocenters. The number of imidazole rings is 1. The first-order valence-corrected chi connectivity index (χ1v) is 7.38. The van der Waals surface area contributed by atoms with Crippen molar-refractivity contribution in [2.45, 2.75) is 19.4 Å². The van der Waals surface area contributed by atoms with Crippen LogP contribution in [0.5, 0.6) is 0 Å². The third-order valence-corrected chi connectivity index (χ3v) is 3.89. The zero-order valence-electron chi connectivity index (χ0n) is 10.7. The molecule has 0 radical (unpaired) electrons. The van der Waals surface area contributed by atoms with E-state index in [0.717, 1.165) is 47.6 Å². The van der Waals surface area contributed by atoms with Crippen LogP contribution in [-0.4, -0.2) is 22.6 Å². The summed E-state index contributed by atoms with van der Waals surface area (Å²) in [5.41, 5.74) is 9.19. The minimum absolute atomic E-state index is 0.645. The lowest BCUT2D eigenvalue weighted by molar-refractivity contribution is 0.603. The first-order valence-electron chi connectivity index (χ1n) is 6.59. The van der Waals surface area contributed by atoms with Crippen LogP contribution < -0.4 is 11.1 Å². The molecule has 3 N–H and O–H groups in total. The van der Waals surface area contributed by atoms with Crippen LogP contribution in [0.4, 0.5) is 5.95 Å². The van der Waals surface area contributed by atoms with Gasteiger partial charge in [0, 0.05) is 35.2 Å². The number of benzene rings is 1. The first-order chi connectivity index (χ1) is 9.29. The molecule has 0 saturated carbocycles. The molecule has 0 amide bonds. The Morgan fingerprint density at radius 2 is 2.32 bits per heavy atom. The normalized spacial score (nSPS) is 14.0. The van der Waals surface area contributed by atoms with Gasteiger partial charge < -0.3 is 15.6 Å². The van der Waals surface area contributed by atoms with E-state index >= 15 is 0 Å². The Balaban J connectivity index is 2.12. The van der Waals surface area contributed by atoms with Gasteiger partial charge in [-0.3, -0.25) is 0 Å². The van der Waals surface area contributed by atoms with Gasteiger partial charge >= 0.3 is 0 Å². The van der Waals surface area contributed by atoms with E-state index in [1.54, 1.807) is 0 Å². The third kappa shape index (κ3) is 2.40. The van der Waals surface area contributed by atoms with Crippen LogP contribution in [-0.2, 0) is 13.0 Å². The Bertz CT molecular complexity index is 591. The van der Waals surface area contributed by atoms with Crippen molar-refractivity contribution in [2.24, 2.45) is 5.73 Å². The first kappa shape index (κ1) is 12.7. The second-order valence-corrected chi connectivity index (χ2v) is 5.63. The monoisotopic (exact) mass is 320 g/mol. The fraction of sp³-hybridized carbons (Fsp3) is 0.357. The summed E-state index contributed by atoms with van der Waals surface area (Å²) in [6.07, 6.45) is 2.00. The molecule has 1 aromatic heterocycles. The number of fused-ring (bicyclic) bond motifs is 1. The minimum atomic E-state index is 0.645. The summed E-state index contributed by atoms with van der Waals surface area (Å²) < 4.78 is 3.34. The van der Waals surface area contributed by atoms with Crippen molar-refractivity contribution in [3.05, 3.63) is 34.4 Å². The van der Waals surface area contributed by atoms with Crippen LogP contribution in [0, 0.1) is 0 Å². The zero-order valence-corrected chi connectivity index (χ0v) is 12.3. The molecule has 0 bridgehead atoms. The number of rotatable bonds is 3. The predicted molar refractivity (Wildman–Crippen MR) is 81.2 cm³/mol. The summed E-state index contributed by atoms with van der Waals surface area (Å²) in [5.74, 6) is 0.977.